The molecule has 108 valence electrons. The van der Waals surface area contributed by atoms with Crippen molar-refractivity contribution >= 4 is 12.0 Å². The van der Waals surface area contributed by atoms with Crippen LogP contribution in [-0.2, 0) is 4.79 Å². The Morgan fingerprint density at radius 1 is 1.26 bits per heavy atom. The first-order valence-corrected chi connectivity index (χ1v) is 6.66. The van der Waals surface area contributed by atoms with Gasteiger partial charge >= 0.3 is 12.0 Å². The summed E-state index contributed by atoms with van der Waals surface area (Å²) in [5.41, 5.74) is 0. The molecule has 0 saturated carbocycles. The molecule has 5 heteroatoms. The van der Waals surface area contributed by atoms with E-state index in [1.165, 1.54) is 0 Å². The summed E-state index contributed by atoms with van der Waals surface area (Å²) in [4.78, 5) is 22.2. The van der Waals surface area contributed by atoms with Gasteiger partial charge in [0.25, 0.3) is 0 Å². The topological polar surface area (TPSA) is 78.4 Å². The highest BCUT2D eigenvalue weighted by Gasteiger charge is 2.13. The van der Waals surface area contributed by atoms with Gasteiger partial charge in [-0.25, -0.2) is 4.79 Å². The van der Waals surface area contributed by atoms with E-state index >= 15 is 0 Å². The fourth-order valence-corrected chi connectivity index (χ4v) is 1.61. The Labute approximate surface area is 115 Å². The number of amides is 2. The minimum Gasteiger partial charge on any atom is -0.481 e. The molecule has 0 radical (unpaired) electrons. The van der Waals surface area contributed by atoms with Gasteiger partial charge < -0.3 is 15.7 Å². The molecule has 0 fully saturated rings. The Hall–Kier alpha value is -1.70. The van der Waals surface area contributed by atoms with E-state index in [0.717, 1.165) is 12.8 Å². The number of rotatable bonds is 8. The number of hydrogen-bond donors (Lipinski definition) is 3. The molecule has 2 amide bonds. The first kappa shape index (κ1) is 17.3. The Morgan fingerprint density at radius 2 is 1.89 bits per heavy atom. The molecule has 0 aliphatic rings. The van der Waals surface area contributed by atoms with Gasteiger partial charge in [0.15, 0.2) is 0 Å². The highest BCUT2D eigenvalue weighted by atomic mass is 16.4. The maximum absolute atomic E-state index is 11.6. The Morgan fingerprint density at radius 3 is 2.37 bits per heavy atom. The van der Waals surface area contributed by atoms with Gasteiger partial charge in [-0.15, -0.1) is 6.42 Å². The van der Waals surface area contributed by atoms with E-state index in [0.29, 0.717) is 12.8 Å². The van der Waals surface area contributed by atoms with Crippen LogP contribution in [-0.4, -0.2) is 29.2 Å². The van der Waals surface area contributed by atoms with Gasteiger partial charge in [0.2, 0.25) is 0 Å². The molecule has 0 aliphatic heterocycles. The summed E-state index contributed by atoms with van der Waals surface area (Å²) in [5.74, 6) is 1.37. The van der Waals surface area contributed by atoms with Crippen LogP contribution in [0.1, 0.15) is 46.5 Å². The number of carbonyl (C=O) groups is 2. The molecule has 0 aromatic rings. The summed E-state index contributed by atoms with van der Waals surface area (Å²) in [5, 5.41) is 14.2. The first-order chi connectivity index (χ1) is 8.90. The second-order valence-corrected chi connectivity index (χ2v) is 4.82. The van der Waals surface area contributed by atoms with Crippen molar-refractivity contribution in [3.8, 4) is 12.3 Å². The fourth-order valence-electron chi connectivity index (χ4n) is 1.61. The number of terminal acetylenes is 1. The molecule has 0 aromatic carbocycles. The van der Waals surface area contributed by atoms with Crippen LogP contribution in [0.5, 0.6) is 0 Å². The van der Waals surface area contributed by atoms with Crippen LogP contribution < -0.4 is 10.6 Å². The number of urea groups is 1. The van der Waals surface area contributed by atoms with Gasteiger partial charge in [-0.05, 0) is 26.2 Å². The molecule has 19 heavy (non-hydrogen) atoms. The number of nitrogens with one attached hydrogen (secondary N) is 2. The Balaban J connectivity index is 3.86. The third-order valence-corrected chi connectivity index (χ3v) is 2.99. The van der Waals surface area contributed by atoms with Gasteiger partial charge in [-0.1, -0.05) is 26.2 Å². The standard InChI is InChI=1S/C14H24N2O3/c1-5-12(6-2)16-14(19)15-11(4)9-7-8-10(3)13(17)18/h1,10-12H,6-9H2,2-4H3,(H,17,18)(H2,15,16,19). The molecule has 0 heterocycles. The number of carboxylic acid groups (broad SMARTS) is 1. The molecule has 0 spiro atoms. The molecule has 0 aromatic heterocycles. The SMILES string of the molecule is C#CC(CC)NC(=O)NC(C)CCCC(C)C(=O)O. The summed E-state index contributed by atoms with van der Waals surface area (Å²) in [6.45, 7) is 5.48. The lowest BCUT2D eigenvalue weighted by Crippen LogP contribution is -2.44. The van der Waals surface area contributed by atoms with Gasteiger partial charge in [0.1, 0.15) is 0 Å². The number of aliphatic carboxylic acids is 1. The van der Waals surface area contributed by atoms with Crippen LogP contribution >= 0.6 is 0 Å². The predicted molar refractivity (Wildman–Crippen MR) is 74.7 cm³/mol. The highest BCUT2D eigenvalue weighted by molar-refractivity contribution is 5.74. The second kappa shape index (κ2) is 9.26. The van der Waals surface area contributed by atoms with Gasteiger partial charge in [0, 0.05) is 6.04 Å². The number of hydrogen-bond acceptors (Lipinski definition) is 2. The maximum atomic E-state index is 11.6. The average molecular weight is 268 g/mol. The van der Waals surface area contributed by atoms with Gasteiger partial charge in [-0.3, -0.25) is 4.79 Å². The Kier molecular flexibility index (Phi) is 8.43. The molecule has 0 bridgehead atoms. The summed E-state index contributed by atoms with van der Waals surface area (Å²) in [6.07, 6.45) is 8.07. The fraction of sp³-hybridized carbons (Fsp3) is 0.714. The zero-order valence-corrected chi connectivity index (χ0v) is 11.9. The summed E-state index contributed by atoms with van der Waals surface area (Å²) >= 11 is 0. The zero-order chi connectivity index (χ0) is 14.8. The van der Waals surface area contributed by atoms with Crippen molar-refractivity contribution in [2.45, 2.75) is 58.5 Å². The van der Waals surface area contributed by atoms with E-state index in [9.17, 15) is 9.59 Å². The third-order valence-electron chi connectivity index (χ3n) is 2.99. The normalized spacial score (nSPS) is 14.8. The van der Waals surface area contributed by atoms with Crippen molar-refractivity contribution in [2.75, 3.05) is 0 Å². The quantitative estimate of drug-likeness (QED) is 0.589. The molecular weight excluding hydrogens is 244 g/mol. The third kappa shape index (κ3) is 8.09. The molecule has 0 saturated heterocycles. The smallest absolute Gasteiger partial charge is 0.315 e. The molecule has 3 atom stereocenters. The maximum Gasteiger partial charge on any atom is 0.315 e. The predicted octanol–water partition coefficient (Wildman–Crippen LogP) is 1.98. The van der Waals surface area contributed by atoms with Crippen molar-refractivity contribution in [1.82, 2.24) is 10.6 Å². The number of carboxylic acids is 1. The molecular formula is C14H24N2O3. The van der Waals surface area contributed by atoms with Crippen LogP contribution in [0.15, 0.2) is 0 Å². The lowest BCUT2D eigenvalue weighted by atomic mass is 10.0. The van der Waals surface area contributed by atoms with Crippen molar-refractivity contribution in [1.29, 1.82) is 0 Å². The molecule has 0 rings (SSSR count). The van der Waals surface area contributed by atoms with Gasteiger partial charge in [0.05, 0.1) is 12.0 Å². The summed E-state index contributed by atoms with van der Waals surface area (Å²) in [7, 11) is 0. The highest BCUT2D eigenvalue weighted by Crippen LogP contribution is 2.09. The van der Waals surface area contributed by atoms with Crippen LogP contribution in [0.3, 0.4) is 0 Å². The Bertz CT molecular complexity index is 336. The summed E-state index contributed by atoms with van der Waals surface area (Å²) in [6, 6.07) is -0.529. The van der Waals surface area contributed by atoms with Crippen LogP contribution in [0.2, 0.25) is 0 Å². The molecule has 3 unspecified atom stereocenters. The van der Waals surface area contributed by atoms with E-state index in [1.54, 1.807) is 6.92 Å². The van der Waals surface area contributed by atoms with E-state index < -0.39 is 5.97 Å². The minimum absolute atomic E-state index is 0.00345. The van der Waals surface area contributed by atoms with E-state index in [-0.39, 0.29) is 24.0 Å². The lowest BCUT2D eigenvalue weighted by molar-refractivity contribution is -0.141. The van der Waals surface area contributed by atoms with Crippen LogP contribution in [0.4, 0.5) is 4.79 Å². The minimum atomic E-state index is -0.779. The number of carbonyl (C=O) groups excluding carboxylic acids is 1. The molecule has 0 aliphatic carbocycles. The molecule has 5 nitrogen and oxygen atoms in total. The van der Waals surface area contributed by atoms with E-state index in [2.05, 4.69) is 16.6 Å². The monoisotopic (exact) mass is 268 g/mol. The van der Waals surface area contributed by atoms with Crippen molar-refractivity contribution in [3.63, 3.8) is 0 Å². The average Bonchev–Trinajstić information content (AvgIpc) is 2.35. The van der Waals surface area contributed by atoms with Crippen LogP contribution in [0, 0.1) is 18.3 Å². The summed E-state index contributed by atoms with van der Waals surface area (Å²) < 4.78 is 0. The largest absolute Gasteiger partial charge is 0.481 e. The first-order valence-electron chi connectivity index (χ1n) is 6.66. The second-order valence-electron chi connectivity index (χ2n) is 4.82. The van der Waals surface area contributed by atoms with E-state index in [4.69, 9.17) is 11.5 Å². The van der Waals surface area contributed by atoms with Crippen molar-refractivity contribution < 1.29 is 14.7 Å². The van der Waals surface area contributed by atoms with Crippen LogP contribution in [0.25, 0.3) is 0 Å². The van der Waals surface area contributed by atoms with Gasteiger partial charge in [-0.2, -0.15) is 0 Å². The van der Waals surface area contributed by atoms with Crippen molar-refractivity contribution in [2.24, 2.45) is 5.92 Å². The molecule has 3 N–H and O–H groups in total. The van der Waals surface area contributed by atoms with Crippen molar-refractivity contribution in [3.05, 3.63) is 0 Å². The lowest BCUT2D eigenvalue weighted by Gasteiger charge is -2.17. The van der Waals surface area contributed by atoms with E-state index in [1.807, 2.05) is 13.8 Å². The zero-order valence-electron chi connectivity index (χ0n) is 11.9.